The maximum absolute atomic E-state index is 2.62. The summed E-state index contributed by atoms with van der Waals surface area (Å²) in [4.78, 5) is 0. The maximum Gasteiger partial charge on any atom is 0.100 e. The summed E-state index contributed by atoms with van der Waals surface area (Å²) in [6.07, 6.45) is 8.71. The van der Waals surface area contributed by atoms with E-state index < -0.39 is 0 Å². The van der Waals surface area contributed by atoms with Crippen LogP contribution in [0.25, 0.3) is 0 Å². The van der Waals surface area contributed by atoms with Crippen LogP contribution in [0.2, 0.25) is 0 Å². The lowest BCUT2D eigenvalue weighted by Gasteiger charge is -2.22. The Hall–Kier alpha value is -0.0800. The zero-order valence-corrected chi connectivity index (χ0v) is 7.05. The third-order valence-corrected chi connectivity index (χ3v) is 3.61. The van der Waals surface area contributed by atoms with Crippen molar-refractivity contribution in [1.82, 2.24) is 10.0 Å². The highest BCUT2D eigenvalue weighted by Crippen LogP contribution is 2.52. The van der Waals surface area contributed by atoms with Gasteiger partial charge in [-0.2, -0.15) is 0 Å². The lowest BCUT2D eigenvalue weighted by atomic mass is 9.91. The minimum absolute atomic E-state index is 0.608. The molecule has 0 bridgehead atoms. The van der Waals surface area contributed by atoms with E-state index in [1.165, 1.54) is 51.6 Å². The summed E-state index contributed by atoms with van der Waals surface area (Å²) >= 11 is 0. The zero-order chi connectivity index (χ0) is 7.31. The summed E-state index contributed by atoms with van der Waals surface area (Å²) in [6, 6.07) is 0. The smallest absolute Gasteiger partial charge is 0.100 e. The minimum atomic E-state index is 0.608. The summed E-state index contributed by atoms with van der Waals surface area (Å²) in [5, 5.41) is 5.23. The number of nitrogens with zero attached hydrogens (tertiary/aromatic N) is 2. The van der Waals surface area contributed by atoms with Crippen molar-refractivity contribution < 1.29 is 0 Å². The van der Waals surface area contributed by atoms with Crippen LogP contribution < -0.4 is 0 Å². The Labute approximate surface area is 68.1 Å². The second-order valence-corrected chi connectivity index (χ2v) is 4.14. The van der Waals surface area contributed by atoms with Crippen LogP contribution in [-0.2, 0) is 0 Å². The van der Waals surface area contributed by atoms with E-state index in [1.807, 2.05) is 0 Å². The Kier molecular flexibility index (Phi) is 1.16. The van der Waals surface area contributed by atoms with Gasteiger partial charge in [-0.1, -0.05) is 19.3 Å². The van der Waals surface area contributed by atoms with Gasteiger partial charge in [0.25, 0.3) is 0 Å². The van der Waals surface area contributed by atoms with Gasteiger partial charge in [0, 0.05) is 13.1 Å². The van der Waals surface area contributed by atoms with Crippen LogP contribution in [-0.4, -0.2) is 28.8 Å². The van der Waals surface area contributed by atoms with Crippen LogP contribution in [0, 0.1) is 0 Å². The van der Waals surface area contributed by atoms with E-state index in [-0.39, 0.29) is 0 Å². The van der Waals surface area contributed by atoms with E-state index in [0.717, 1.165) is 0 Å². The molecule has 0 N–H and O–H groups in total. The summed E-state index contributed by atoms with van der Waals surface area (Å²) in [7, 11) is 0. The molecule has 0 aromatic rings. The van der Waals surface area contributed by atoms with Crippen LogP contribution in [0.5, 0.6) is 0 Å². The average Bonchev–Trinajstić information content (AvgIpc) is 2.54. The molecule has 1 saturated carbocycles. The minimum Gasteiger partial charge on any atom is -0.219 e. The van der Waals surface area contributed by atoms with E-state index in [0.29, 0.717) is 5.66 Å². The molecule has 2 nitrogen and oxygen atoms in total. The van der Waals surface area contributed by atoms with Crippen LogP contribution in [0.3, 0.4) is 0 Å². The van der Waals surface area contributed by atoms with Crippen molar-refractivity contribution >= 4 is 0 Å². The molecule has 0 radical (unpaired) electrons. The first kappa shape index (κ1) is 6.44. The molecule has 0 aromatic heterocycles. The topological polar surface area (TPSA) is 6.02 Å². The SMILES string of the molecule is C1CCC2(CC1)N1CCCN12. The fraction of sp³-hybridized carbons (Fsp3) is 1.00. The van der Waals surface area contributed by atoms with Crippen molar-refractivity contribution in [2.75, 3.05) is 13.1 Å². The van der Waals surface area contributed by atoms with Crippen molar-refractivity contribution in [3.8, 4) is 0 Å². The summed E-state index contributed by atoms with van der Waals surface area (Å²) < 4.78 is 0. The van der Waals surface area contributed by atoms with Crippen molar-refractivity contribution in [3.05, 3.63) is 0 Å². The Morgan fingerprint density at radius 3 is 2.00 bits per heavy atom. The third kappa shape index (κ3) is 0.695. The van der Waals surface area contributed by atoms with Crippen molar-refractivity contribution in [2.45, 2.75) is 44.2 Å². The van der Waals surface area contributed by atoms with Crippen molar-refractivity contribution in [1.29, 1.82) is 0 Å². The van der Waals surface area contributed by atoms with Gasteiger partial charge < -0.3 is 0 Å². The van der Waals surface area contributed by atoms with E-state index in [2.05, 4.69) is 10.0 Å². The summed E-state index contributed by atoms with van der Waals surface area (Å²) in [5.41, 5.74) is 0.608. The number of hydrazine groups is 1. The predicted octanol–water partition coefficient (Wildman–Crippen LogP) is 1.58. The van der Waals surface area contributed by atoms with Gasteiger partial charge in [0.15, 0.2) is 0 Å². The highest BCUT2D eigenvalue weighted by molar-refractivity contribution is 5.05. The standard InChI is InChI=1S/C9H16N2/c1-2-5-9(6-3-1)10-7-4-8-11(9)10/h1-8H2. The molecular formula is C9H16N2. The molecule has 3 rings (SSSR count). The fourth-order valence-corrected chi connectivity index (χ4v) is 3.05. The Balaban J connectivity index is 1.77. The molecule has 3 fully saturated rings. The predicted molar refractivity (Wildman–Crippen MR) is 43.8 cm³/mol. The number of rotatable bonds is 0. The van der Waals surface area contributed by atoms with Crippen LogP contribution in [0.1, 0.15) is 38.5 Å². The second kappa shape index (κ2) is 1.99. The first-order valence-electron chi connectivity index (χ1n) is 4.99. The molecule has 2 heteroatoms. The molecule has 2 aliphatic heterocycles. The van der Waals surface area contributed by atoms with Crippen molar-refractivity contribution in [3.63, 3.8) is 0 Å². The molecule has 3 aliphatic rings. The molecular weight excluding hydrogens is 136 g/mol. The average molecular weight is 152 g/mol. The fourth-order valence-electron chi connectivity index (χ4n) is 3.05. The van der Waals surface area contributed by atoms with E-state index in [1.54, 1.807) is 0 Å². The van der Waals surface area contributed by atoms with E-state index >= 15 is 0 Å². The van der Waals surface area contributed by atoms with Gasteiger partial charge in [-0.05, 0) is 19.3 Å². The number of hydrogen-bond donors (Lipinski definition) is 0. The second-order valence-electron chi connectivity index (χ2n) is 4.14. The van der Waals surface area contributed by atoms with Crippen molar-refractivity contribution in [2.24, 2.45) is 0 Å². The Morgan fingerprint density at radius 2 is 1.36 bits per heavy atom. The zero-order valence-electron chi connectivity index (χ0n) is 7.05. The molecule has 11 heavy (non-hydrogen) atoms. The van der Waals surface area contributed by atoms with Crippen LogP contribution in [0.4, 0.5) is 0 Å². The van der Waals surface area contributed by atoms with E-state index in [4.69, 9.17) is 0 Å². The van der Waals surface area contributed by atoms with Gasteiger partial charge in [0.1, 0.15) is 5.66 Å². The van der Waals surface area contributed by atoms with E-state index in [9.17, 15) is 0 Å². The van der Waals surface area contributed by atoms with Crippen LogP contribution >= 0.6 is 0 Å². The molecule has 1 spiro atoms. The highest BCUT2D eigenvalue weighted by Gasteiger charge is 2.61. The third-order valence-electron chi connectivity index (χ3n) is 3.61. The quantitative estimate of drug-likeness (QED) is 0.486. The summed E-state index contributed by atoms with van der Waals surface area (Å²) in [6.45, 7) is 2.69. The molecule has 0 amide bonds. The van der Waals surface area contributed by atoms with Gasteiger partial charge in [-0.3, -0.25) is 0 Å². The molecule has 2 heterocycles. The highest BCUT2D eigenvalue weighted by atomic mass is 15.9. The van der Waals surface area contributed by atoms with Gasteiger partial charge in [0.2, 0.25) is 0 Å². The van der Waals surface area contributed by atoms with Crippen LogP contribution in [0.15, 0.2) is 0 Å². The largest absolute Gasteiger partial charge is 0.219 e. The summed E-state index contributed by atoms with van der Waals surface area (Å²) in [5.74, 6) is 0. The molecule has 0 aromatic carbocycles. The molecule has 2 unspecified atom stereocenters. The molecule has 62 valence electrons. The number of fused-ring (bicyclic) bond motifs is 3. The van der Waals surface area contributed by atoms with Gasteiger partial charge >= 0.3 is 0 Å². The lowest BCUT2D eigenvalue weighted by Crippen LogP contribution is -2.27. The number of hydrogen-bond acceptors (Lipinski definition) is 2. The molecule has 2 atom stereocenters. The molecule has 1 aliphatic carbocycles. The Morgan fingerprint density at radius 1 is 0.727 bits per heavy atom. The normalized spacial score (nSPS) is 45.8. The molecule has 2 saturated heterocycles. The Bertz CT molecular complexity index is 160. The lowest BCUT2D eigenvalue weighted by molar-refractivity contribution is 0.295. The first-order chi connectivity index (χ1) is 5.43. The first-order valence-corrected chi connectivity index (χ1v) is 4.99. The maximum atomic E-state index is 2.62. The monoisotopic (exact) mass is 152 g/mol. The van der Waals surface area contributed by atoms with Gasteiger partial charge in [-0.15, -0.1) is 0 Å². The van der Waals surface area contributed by atoms with Gasteiger partial charge in [0.05, 0.1) is 0 Å². The van der Waals surface area contributed by atoms with Gasteiger partial charge in [-0.25, -0.2) is 10.0 Å².